The molecule has 3 rings (SSSR count). The van der Waals surface area contributed by atoms with E-state index in [-0.39, 0.29) is 23.3 Å². The van der Waals surface area contributed by atoms with Crippen molar-refractivity contribution in [1.82, 2.24) is 21.1 Å². The van der Waals surface area contributed by atoms with Crippen LogP contribution in [0.5, 0.6) is 5.75 Å². The molecule has 1 heterocycles. The van der Waals surface area contributed by atoms with Gasteiger partial charge in [-0.2, -0.15) is 0 Å². The highest BCUT2D eigenvalue weighted by molar-refractivity contribution is 5.96. The van der Waals surface area contributed by atoms with Crippen molar-refractivity contribution >= 4 is 11.9 Å². The second kappa shape index (κ2) is 10.2. The number of nitrogens with one attached hydrogen (secondary N) is 3. The van der Waals surface area contributed by atoms with Crippen molar-refractivity contribution in [1.29, 1.82) is 0 Å². The van der Waals surface area contributed by atoms with E-state index >= 15 is 0 Å². The number of amides is 3. The van der Waals surface area contributed by atoms with Gasteiger partial charge in [-0.05, 0) is 49.3 Å². The molecule has 0 bridgehead atoms. The molecule has 3 N–H and O–H groups in total. The van der Waals surface area contributed by atoms with Gasteiger partial charge in [-0.25, -0.2) is 14.6 Å². The molecule has 2 fully saturated rings. The summed E-state index contributed by atoms with van der Waals surface area (Å²) in [7, 11) is 0. The largest absolute Gasteiger partial charge is 0.490 e. The van der Waals surface area contributed by atoms with E-state index in [1.807, 2.05) is 26.0 Å². The first-order valence-electron chi connectivity index (χ1n) is 10.9. The van der Waals surface area contributed by atoms with E-state index in [2.05, 4.69) is 16.2 Å². The predicted molar refractivity (Wildman–Crippen MR) is 112 cm³/mol. The smallest absolute Gasteiger partial charge is 0.324 e. The van der Waals surface area contributed by atoms with Gasteiger partial charge in [0.05, 0.1) is 12.1 Å². The molecule has 1 aliphatic carbocycles. The molecule has 7 nitrogen and oxygen atoms in total. The average molecular weight is 421 g/mol. The second-order valence-corrected chi connectivity index (χ2v) is 8.63. The Balaban J connectivity index is 1.35. The van der Waals surface area contributed by atoms with Crippen molar-refractivity contribution in [3.63, 3.8) is 0 Å². The minimum atomic E-state index is -0.324. The maximum absolute atomic E-state index is 14.0. The number of halogens is 1. The van der Waals surface area contributed by atoms with E-state index in [4.69, 9.17) is 4.74 Å². The number of imide groups is 1. The highest BCUT2D eigenvalue weighted by Crippen LogP contribution is 2.46. The number of ether oxygens (including phenoxy) is 1. The molecule has 0 unspecified atom stereocenters. The molecule has 0 spiro atoms. The van der Waals surface area contributed by atoms with Gasteiger partial charge in [0.25, 0.3) is 0 Å². The molecule has 1 saturated heterocycles. The molecule has 0 radical (unpaired) electrons. The maximum Gasteiger partial charge on any atom is 0.324 e. The summed E-state index contributed by atoms with van der Waals surface area (Å²) in [6, 6.07) is 4.84. The first-order valence-corrected chi connectivity index (χ1v) is 10.9. The monoisotopic (exact) mass is 420 g/mol. The lowest BCUT2D eigenvalue weighted by Gasteiger charge is -2.26. The van der Waals surface area contributed by atoms with Gasteiger partial charge in [0, 0.05) is 26.1 Å². The summed E-state index contributed by atoms with van der Waals surface area (Å²) in [6.45, 7) is 6.56. The third-order valence-corrected chi connectivity index (χ3v) is 5.51. The van der Waals surface area contributed by atoms with Crippen LogP contribution in [-0.4, -0.2) is 43.1 Å². The minimum absolute atomic E-state index is 0.151. The fraction of sp³-hybridized carbons (Fsp3) is 0.636. The molecular weight excluding hydrogens is 387 g/mol. The van der Waals surface area contributed by atoms with Gasteiger partial charge >= 0.3 is 6.03 Å². The molecule has 166 valence electrons. The third-order valence-electron chi connectivity index (χ3n) is 5.51. The normalized spacial score (nSPS) is 17.9. The molecule has 2 aliphatic rings. The molecule has 8 heteroatoms. The number of carbonyl (C=O) groups is 2. The van der Waals surface area contributed by atoms with E-state index in [0.717, 1.165) is 44.2 Å². The number of unbranched alkanes of at least 4 members (excludes halogenated alkanes) is 2. The second-order valence-electron chi connectivity index (χ2n) is 8.63. The molecule has 0 aromatic heterocycles. The van der Waals surface area contributed by atoms with Gasteiger partial charge in [0.15, 0.2) is 11.6 Å². The van der Waals surface area contributed by atoms with Crippen molar-refractivity contribution in [3.8, 4) is 5.75 Å². The van der Waals surface area contributed by atoms with Gasteiger partial charge in [0.2, 0.25) is 5.91 Å². The summed E-state index contributed by atoms with van der Waals surface area (Å²) in [5.74, 6) is 0.141. The Kier molecular flexibility index (Phi) is 7.66. The highest BCUT2D eigenvalue weighted by atomic mass is 19.1. The van der Waals surface area contributed by atoms with Gasteiger partial charge in [-0.15, -0.1) is 0 Å². The van der Waals surface area contributed by atoms with Crippen LogP contribution in [0.25, 0.3) is 0 Å². The first kappa shape index (κ1) is 22.5. The van der Waals surface area contributed by atoms with Crippen LogP contribution in [0.4, 0.5) is 9.18 Å². The Morgan fingerprint density at radius 2 is 2.03 bits per heavy atom. The number of nitrogens with zero attached hydrogens (tertiary/aromatic N) is 1. The number of carbonyl (C=O) groups excluding carboxylic acids is 2. The fourth-order valence-corrected chi connectivity index (χ4v) is 3.52. The molecule has 30 heavy (non-hydrogen) atoms. The number of hydrogen-bond acceptors (Lipinski definition) is 5. The molecular formula is C22H33FN4O3. The van der Waals surface area contributed by atoms with Crippen LogP contribution in [-0.2, 0) is 10.3 Å². The highest BCUT2D eigenvalue weighted by Gasteiger charge is 2.44. The van der Waals surface area contributed by atoms with Crippen molar-refractivity contribution < 1.29 is 18.7 Å². The van der Waals surface area contributed by atoms with Crippen LogP contribution in [0, 0.1) is 11.7 Å². The zero-order valence-electron chi connectivity index (χ0n) is 17.9. The molecule has 0 atom stereocenters. The Hall–Kier alpha value is -2.19. The molecule has 1 aromatic carbocycles. The van der Waals surface area contributed by atoms with E-state index in [1.54, 1.807) is 4.90 Å². The van der Waals surface area contributed by atoms with Crippen LogP contribution in [0.2, 0.25) is 0 Å². The van der Waals surface area contributed by atoms with Crippen molar-refractivity contribution in [3.05, 3.63) is 29.6 Å². The minimum Gasteiger partial charge on any atom is -0.490 e. The summed E-state index contributed by atoms with van der Waals surface area (Å²) in [6.07, 6.45) is 5.25. The SMILES string of the molecule is CC(C)COc1cc(C2(NNCCCCCN3CCC(=O)NC3=O)CC2)ccc1F. The number of rotatable bonds is 12. The molecule has 3 amide bonds. The van der Waals surface area contributed by atoms with Crippen molar-refractivity contribution in [2.75, 3.05) is 26.2 Å². The maximum atomic E-state index is 14.0. The zero-order chi connectivity index (χ0) is 21.6. The van der Waals surface area contributed by atoms with E-state index < -0.39 is 0 Å². The van der Waals surface area contributed by atoms with Gasteiger partial charge in [0.1, 0.15) is 0 Å². The quantitative estimate of drug-likeness (QED) is 0.358. The molecule has 1 saturated carbocycles. The fourth-order valence-electron chi connectivity index (χ4n) is 3.52. The summed E-state index contributed by atoms with van der Waals surface area (Å²) in [5.41, 5.74) is 7.60. The van der Waals surface area contributed by atoms with E-state index in [0.29, 0.717) is 37.8 Å². The van der Waals surface area contributed by atoms with Crippen LogP contribution >= 0.6 is 0 Å². The van der Waals surface area contributed by atoms with Gasteiger partial charge in [-0.1, -0.05) is 26.3 Å². The van der Waals surface area contributed by atoms with Crippen LogP contribution < -0.4 is 20.9 Å². The Bertz CT molecular complexity index is 752. The van der Waals surface area contributed by atoms with Gasteiger partial charge < -0.3 is 9.64 Å². The molecule has 1 aromatic rings. The Morgan fingerprint density at radius 1 is 1.23 bits per heavy atom. The van der Waals surface area contributed by atoms with E-state index in [9.17, 15) is 14.0 Å². The number of hydrogen-bond donors (Lipinski definition) is 3. The number of benzene rings is 1. The Labute approximate surface area is 177 Å². The summed E-state index contributed by atoms with van der Waals surface area (Å²) < 4.78 is 19.6. The average Bonchev–Trinajstić information content (AvgIpc) is 3.49. The van der Waals surface area contributed by atoms with Crippen LogP contribution in [0.1, 0.15) is 57.9 Å². The lowest BCUT2D eigenvalue weighted by atomic mass is 10.1. The summed E-state index contributed by atoms with van der Waals surface area (Å²) in [5, 5.41) is 2.34. The standard InChI is InChI=1S/C22H33FN4O3/c1-16(2)15-30-19-14-17(6-7-18(19)23)22(9-10-22)26-24-11-4-3-5-12-27-13-8-20(28)25-21(27)29/h6-7,14,16,24,26H,3-5,8-13,15H2,1-2H3,(H,25,28,29). The topological polar surface area (TPSA) is 82.7 Å². The Morgan fingerprint density at radius 3 is 2.73 bits per heavy atom. The van der Waals surface area contributed by atoms with Gasteiger partial charge in [-0.3, -0.25) is 15.5 Å². The predicted octanol–water partition coefficient (Wildman–Crippen LogP) is 3.06. The molecule has 1 aliphatic heterocycles. The van der Waals surface area contributed by atoms with Crippen LogP contribution in [0.3, 0.4) is 0 Å². The third kappa shape index (κ3) is 6.15. The van der Waals surface area contributed by atoms with Crippen LogP contribution in [0.15, 0.2) is 18.2 Å². The van der Waals surface area contributed by atoms with Crippen molar-refractivity contribution in [2.24, 2.45) is 5.92 Å². The lowest BCUT2D eigenvalue weighted by Crippen LogP contribution is -2.49. The van der Waals surface area contributed by atoms with Crippen molar-refractivity contribution in [2.45, 2.75) is 57.9 Å². The van der Waals surface area contributed by atoms with E-state index in [1.165, 1.54) is 6.07 Å². The number of urea groups is 1. The first-order chi connectivity index (χ1) is 14.4. The summed E-state index contributed by atoms with van der Waals surface area (Å²) >= 11 is 0. The zero-order valence-corrected chi connectivity index (χ0v) is 17.9. The summed E-state index contributed by atoms with van der Waals surface area (Å²) in [4.78, 5) is 24.5. The lowest BCUT2D eigenvalue weighted by molar-refractivity contribution is -0.121. The number of hydrazine groups is 1.